The van der Waals surface area contributed by atoms with Gasteiger partial charge in [-0.1, -0.05) is 29.8 Å². The van der Waals surface area contributed by atoms with Crippen molar-refractivity contribution in [1.29, 1.82) is 0 Å². The van der Waals surface area contributed by atoms with Gasteiger partial charge in [0.2, 0.25) is 5.95 Å². The van der Waals surface area contributed by atoms with Gasteiger partial charge in [0.15, 0.2) is 5.82 Å². The number of nitrogens with one attached hydrogen (secondary N) is 3. The molecule has 0 fully saturated rings. The Balaban J connectivity index is 1.81. The summed E-state index contributed by atoms with van der Waals surface area (Å²) in [6, 6.07) is 14.9. The number of benzene rings is 2. The van der Waals surface area contributed by atoms with Crippen LogP contribution in [0.5, 0.6) is 0 Å². The lowest BCUT2D eigenvalue weighted by atomic mass is 10.1. The minimum absolute atomic E-state index is 0.142. The molecule has 7 heteroatoms. The molecule has 0 radical (unpaired) electrons. The van der Waals surface area contributed by atoms with Crippen LogP contribution >= 0.6 is 11.6 Å². The molecule has 1 amide bonds. The second-order valence-corrected chi connectivity index (χ2v) is 6.01. The van der Waals surface area contributed by atoms with E-state index in [0.717, 1.165) is 16.9 Å². The maximum absolute atomic E-state index is 12.4. The van der Waals surface area contributed by atoms with E-state index >= 15 is 0 Å². The maximum atomic E-state index is 12.4. The Morgan fingerprint density at radius 2 is 1.80 bits per heavy atom. The molecule has 0 saturated heterocycles. The first kappa shape index (κ1) is 15.4. The highest BCUT2D eigenvalue weighted by Gasteiger charge is 2.11. The molecule has 6 nitrogen and oxygen atoms in total. The molecule has 1 aromatic heterocycles. The van der Waals surface area contributed by atoms with Crippen LogP contribution in [0.15, 0.2) is 54.7 Å². The Bertz CT molecular complexity index is 960. The summed E-state index contributed by atoms with van der Waals surface area (Å²) in [7, 11) is 0. The van der Waals surface area contributed by atoms with Crippen molar-refractivity contribution in [3.8, 4) is 0 Å². The minimum Gasteiger partial charge on any atom is -0.348 e. The number of nitrogens with zero attached hydrogens (tertiary/aromatic N) is 2. The molecule has 25 heavy (non-hydrogen) atoms. The third-order valence-electron chi connectivity index (χ3n) is 3.77. The number of carbonyl (C=O) groups is 1. The Morgan fingerprint density at radius 1 is 1.00 bits per heavy atom. The quantitative estimate of drug-likeness (QED) is 0.573. The number of rotatable bonds is 0. The largest absolute Gasteiger partial charge is 0.348 e. The molecule has 0 aliphatic carbocycles. The highest BCUT2D eigenvalue weighted by atomic mass is 35.5. The van der Waals surface area contributed by atoms with Crippen LogP contribution in [0.4, 0.5) is 23.1 Å². The molecular formula is C18H14ClN5O. The number of carbonyl (C=O) groups excluding carboxylic acids is 1. The fourth-order valence-electron chi connectivity index (χ4n) is 2.56. The third kappa shape index (κ3) is 3.39. The van der Waals surface area contributed by atoms with Crippen LogP contribution in [0.3, 0.4) is 0 Å². The van der Waals surface area contributed by atoms with E-state index < -0.39 is 0 Å². The van der Waals surface area contributed by atoms with E-state index in [0.29, 0.717) is 28.9 Å². The van der Waals surface area contributed by atoms with Gasteiger partial charge in [-0.3, -0.25) is 4.79 Å². The molecule has 3 N–H and O–H groups in total. The summed E-state index contributed by atoms with van der Waals surface area (Å²) in [6.07, 6.45) is 1.53. The third-order valence-corrected chi connectivity index (χ3v) is 4.04. The molecule has 124 valence electrons. The maximum Gasteiger partial charge on any atom is 0.251 e. The van der Waals surface area contributed by atoms with Crippen LogP contribution in [0.2, 0.25) is 5.02 Å². The molecule has 0 spiro atoms. The van der Waals surface area contributed by atoms with Crippen molar-refractivity contribution in [2.75, 3.05) is 10.6 Å². The van der Waals surface area contributed by atoms with Crippen LogP contribution in [-0.2, 0) is 6.54 Å². The van der Waals surface area contributed by atoms with Gasteiger partial charge in [-0.25, -0.2) is 4.98 Å². The predicted octanol–water partition coefficient (Wildman–Crippen LogP) is 3.86. The van der Waals surface area contributed by atoms with Gasteiger partial charge in [0.25, 0.3) is 5.91 Å². The number of hydrogen-bond acceptors (Lipinski definition) is 5. The molecule has 2 aromatic carbocycles. The summed E-state index contributed by atoms with van der Waals surface area (Å²) in [5.74, 6) is 0.753. The Hall–Kier alpha value is -3.12. The van der Waals surface area contributed by atoms with Gasteiger partial charge < -0.3 is 16.0 Å². The Morgan fingerprint density at radius 3 is 2.68 bits per heavy atom. The summed E-state index contributed by atoms with van der Waals surface area (Å²) < 4.78 is 0. The van der Waals surface area contributed by atoms with Crippen LogP contribution in [-0.4, -0.2) is 15.9 Å². The molecule has 1 aliphatic heterocycles. The first-order chi connectivity index (χ1) is 12.2. The number of halogens is 1. The molecule has 2 heterocycles. The molecule has 4 rings (SSSR count). The second-order valence-electron chi connectivity index (χ2n) is 5.60. The zero-order valence-corrected chi connectivity index (χ0v) is 13.8. The van der Waals surface area contributed by atoms with Crippen LogP contribution in [0, 0.1) is 0 Å². The Labute approximate surface area is 149 Å². The van der Waals surface area contributed by atoms with Crippen molar-refractivity contribution >= 4 is 40.6 Å². The van der Waals surface area contributed by atoms with Gasteiger partial charge in [-0.2, -0.15) is 4.98 Å². The zero-order valence-electron chi connectivity index (χ0n) is 13.1. The number of anilines is 4. The summed E-state index contributed by atoms with van der Waals surface area (Å²) >= 11 is 6.21. The van der Waals surface area contributed by atoms with Gasteiger partial charge >= 0.3 is 0 Å². The van der Waals surface area contributed by atoms with Crippen LogP contribution < -0.4 is 16.0 Å². The van der Waals surface area contributed by atoms with E-state index in [-0.39, 0.29) is 5.91 Å². The van der Waals surface area contributed by atoms with Crippen molar-refractivity contribution in [1.82, 2.24) is 15.3 Å². The molecule has 0 atom stereocenters. The van der Waals surface area contributed by atoms with E-state index in [4.69, 9.17) is 11.6 Å². The average molecular weight is 352 g/mol. The van der Waals surface area contributed by atoms with Crippen molar-refractivity contribution in [2.45, 2.75) is 6.54 Å². The molecule has 3 aromatic rings. The zero-order chi connectivity index (χ0) is 17.2. The highest BCUT2D eigenvalue weighted by molar-refractivity contribution is 6.32. The van der Waals surface area contributed by atoms with Gasteiger partial charge in [0, 0.05) is 23.5 Å². The van der Waals surface area contributed by atoms with Crippen molar-refractivity contribution in [3.63, 3.8) is 0 Å². The molecule has 0 unspecified atom stereocenters. The van der Waals surface area contributed by atoms with Gasteiger partial charge in [-0.15, -0.1) is 0 Å². The fourth-order valence-corrected chi connectivity index (χ4v) is 2.70. The number of hydrogen-bond donors (Lipinski definition) is 3. The molecule has 1 aliphatic rings. The lowest BCUT2D eigenvalue weighted by Crippen LogP contribution is -2.22. The summed E-state index contributed by atoms with van der Waals surface area (Å²) in [6.45, 7) is 0.425. The van der Waals surface area contributed by atoms with Crippen molar-refractivity contribution in [3.05, 3.63) is 70.9 Å². The smallest absolute Gasteiger partial charge is 0.251 e. The lowest BCUT2D eigenvalue weighted by molar-refractivity contribution is 0.0951. The number of aromatic nitrogens is 2. The van der Waals surface area contributed by atoms with Crippen LogP contribution in [0.1, 0.15) is 15.9 Å². The second kappa shape index (κ2) is 6.41. The number of fused-ring (bicyclic) bond motifs is 6. The standard InChI is InChI=1S/C18H14ClN5O/c19-15-10-21-18-23-14-6-2-4-12(8-14)17(25)20-9-11-3-1-5-13(7-11)22-16(15)24-18/h1-8,10H,9H2,(H,20,25)(H2,21,22,23,24). The van der Waals surface area contributed by atoms with Gasteiger partial charge in [0.1, 0.15) is 5.02 Å². The monoisotopic (exact) mass is 351 g/mol. The first-order valence-electron chi connectivity index (χ1n) is 7.71. The van der Waals surface area contributed by atoms with Gasteiger partial charge in [0.05, 0.1) is 6.20 Å². The SMILES string of the molecule is O=C1NCc2cccc(c2)Nc2nc(ncc2Cl)Nc2cccc1c2. The summed E-state index contributed by atoms with van der Waals surface area (Å²) in [5, 5.41) is 9.62. The average Bonchev–Trinajstić information content (AvgIpc) is 2.62. The normalized spacial score (nSPS) is 13.1. The summed E-state index contributed by atoms with van der Waals surface area (Å²) in [5.41, 5.74) is 3.07. The molecular weight excluding hydrogens is 338 g/mol. The van der Waals surface area contributed by atoms with E-state index in [9.17, 15) is 4.79 Å². The molecule has 6 bridgehead atoms. The van der Waals surface area contributed by atoms with Crippen molar-refractivity contribution < 1.29 is 4.79 Å². The lowest BCUT2D eigenvalue weighted by Gasteiger charge is -2.13. The van der Waals surface area contributed by atoms with E-state index in [1.54, 1.807) is 18.2 Å². The topological polar surface area (TPSA) is 78.9 Å². The van der Waals surface area contributed by atoms with Gasteiger partial charge in [-0.05, 0) is 35.9 Å². The predicted molar refractivity (Wildman–Crippen MR) is 97.7 cm³/mol. The highest BCUT2D eigenvalue weighted by Crippen LogP contribution is 2.26. The van der Waals surface area contributed by atoms with E-state index in [2.05, 4.69) is 25.9 Å². The minimum atomic E-state index is -0.142. The number of amides is 1. The van der Waals surface area contributed by atoms with Crippen molar-refractivity contribution in [2.24, 2.45) is 0 Å². The van der Waals surface area contributed by atoms with E-state index in [1.807, 2.05) is 30.3 Å². The Kier molecular flexibility index (Phi) is 3.95. The first-order valence-corrected chi connectivity index (χ1v) is 8.09. The fraction of sp³-hybridized carbons (Fsp3) is 0.0556. The summed E-state index contributed by atoms with van der Waals surface area (Å²) in [4.78, 5) is 21.0. The van der Waals surface area contributed by atoms with Crippen LogP contribution in [0.25, 0.3) is 0 Å². The molecule has 0 saturated carbocycles. The van der Waals surface area contributed by atoms with E-state index in [1.165, 1.54) is 6.20 Å².